The van der Waals surface area contributed by atoms with E-state index in [1.165, 1.54) is 19.3 Å². The average Bonchev–Trinajstić information content (AvgIpc) is 3.65. The third kappa shape index (κ3) is 6.83. The average molecular weight is 774 g/mol. The van der Waals surface area contributed by atoms with Crippen molar-refractivity contribution in [2.45, 2.75) is 179 Å². The fourth-order valence-corrected chi connectivity index (χ4v) is 14.6. The normalized spacial score (nSPS) is 49.9. The summed E-state index contributed by atoms with van der Waals surface area (Å²) in [4.78, 5) is 20.2. The van der Waals surface area contributed by atoms with Gasteiger partial charge in [-0.1, -0.05) is 46.5 Å². The van der Waals surface area contributed by atoms with Crippen LogP contribution in [0.5, 0.6) is 0 Å². The third-order valence-electron chi connectivity index (χ3n) is 17.5. The molecule has 7 rings (SSSR count). The van der Waals surface area contributed by atoms with E-state index < -0.39 is 76.2 Å². The van der Waals surface area contributed by atoms with Crippen LogP contribution in [0.4, 0.5) is 0 Å². The van der Waals surface area contributed by atoms with Crippen LogP contribution in [0.25, 0.3) is 0 Å². The van der Waals surface area contributed by atoms with Gasteiger partial charge in [0.2, 0.25) is 0 Å². The third-order valence-corrected chi connectivity index (χ3v) is 17.5. The maximum atomic E-state index is 15.3. The van der Waals surface area contributed by atoms with Crippen molar-refractivity contribution in [3.05, 3.63) is 0 Å². The van der Waals surface area contributed by atoms with Crippen molar-refractivity contribution in [1.29, 1.82) is 0 Å². The van der Waals surface area contributed by atoms with E-state index >= 15 is 4.79 Å². The maximum Gasteiger partial charge on any atom is 0.181 e. The van der Waals surface area contributed by atoms with Gasteiger partial charge in [0.1, 0.15) is 6.10 Å². The topological polar surface area (TPSA) is 198 Å². The van der Waals surface area contributed by atoms with Gasteiger partial charge in [0.15, 0.2) is 5.78 Å². The molecule has 9 N–H and O–H groups in total. The highest BCUT2D eigenvalue weighted by molar-refractivity contribution is 6.42. The van der Waals surface area contributed by atoms with Gasteiger partial charge in [-0.2, -0.15) is 0 Å². The summed E-state index contributed by atoms with van der Waals surface area (Å²) in [6.07, 6.45) is 7.93. The van der Waals surface area contributed by atoms with Crippen molar-refractivity contribution in [3.8, 4) is 0 Å². The minimum absolute atomic E-state index is 0.0189. The molecule has 11 nitrogen and oxygen atoms in total. The van der Waals surface area contributed by atoms with E-state index in [1.54, 1.807) is 13.8 Å². The van der Waals surface area contributed by atoms with Gasteiger partial charge in [-0.25, -0.2) is 0 Å². The highest BCUT2D eigenvalue weighted by Gasteiger charge is 2.76. The minimum Gasteiger partial charge on any atom is -0.391 e. The van der Waals surface area contributed by atoms with Crippen molar-refractivity contribution in [1.82, 2.24) is 5.32 Å². The van der Waals surface area contributed by atoms with Gasteiger partial charge in [-0.05, 0) is 138 Å². The Morgan fingerprint density at radius 1 is 1.05 bits per heavy atom. The Bertz CT molecular complexity index is 1400. The quantitative estimate of drug-likeness (QED) is 0.135. The number of unbranched alkanes of at least 4 members (excludes halogenated alkanes) is 3. The summed E-state index contributed by atoms with van der Waals surface area (Å²) in [5.74, 6) is -1.50. The molecule has 7 fully saturated rings. The molecule has 314 valence electrons. The number of Topliss-reactive ketones (excluding diaryl/α,β-unsaturated/α-hetero) is 1. The predicted molar refractivity (Wildman–Crippen MR) is 211 cm³/mol. The second-order valence-electron chi connectivity index (χ2n) is 20.4. The lowest BCUT2D eigenvalue weighted by atomic mass is 9.35. The molecule has 7 aliphatic rings. The monoisotopic (exact) mass is 774 g/mol. The van der Waals surface area contributed by atoms with E-state index in [0.717, 1.165) is 45.1 Å². The summed E-state index contributed by atoms with van der Waals surface area (Å²) in [5.41, 5.74) is 2.03. The number of ketones is 1. The molecule has 5 aliphatic carbocycles. The number of aliphatic hydroxyl groups excluding tert-OH is 4. The highest BCUT2D eigenvalue weighted by atomic mass is 16.5. The summed E-state index contributed by atoms with van der Waals surface area (Å²) < 4.78 is 6.29. The Labute approximate surface area is 329 Å². The summed E-state index contributed by atoms with van der Waals surface area (Å²) >= 11 is 0. The summed E-state index contributed by atoms with van der Waals surface area (Å²) in [6.45, 7) is 11.2. The molecule has 0 aromatic rings. The zero-order chi connectivity index (χ0) is 39.7. The number of hydrogen-bond donors (Lipinski definition) is 8. The molecule has 0 amide bonds. The number of carbonyl (C=O) groups is 1. The fourth-order valence-electron chi connectivity index (χ4n) is 14.6. The van der Waals surface area contributed by atoms with Crippen LogP contribution in [0.15, 0.2) is 4.99 Å². The van der Waals surface area contributed by atoms with Crippen molar-refractivity contribution < 1.29 is 40.2 Å². The molecule has 5 saturated carbocycles. The molecule has 2 bridgehead atoms. The lowest BCUT2D eigenvalue weighted by molar-refractivity contribution is -0.247. The van der Waals surface area contributed by atoms with Crippen LogP contribution >= 0.6 is 0 Å². The van der Waals surface area contributed by atoms with Crippen LogP contribution in [0.1, 0.15) is 131 Å². The van der Waals surface area contributed by atoms with Gasteiger partial charge >= 0.3 is 0 Å². The maximum absolute atomic E-state index is 15.3. The van der Waals surface area contributed by atoms with Crippen molar-refractivity contribution >= 4 is 11.5 Å². The molecule has 11 heteroatoms. The fraction of sp³-hybridized carbons (Fsp3) is 0.955. The Balaban J connectivity index is 1.23. The lowest BCUT2D eigenvalue weighted by Gasteiger charge is -2.69. The molecule has 2 saturated heterocycles. The first-order valence-electron chi connectivity index (χ1n) is 22.4. The lowest BCUT2D eigenvalue weighted by Crippen LogP contribution is -2.74. The molecule has 55 heavy (non-hydrogen) atoms. The highest BCUT2D eigenvalue weighted by Crippen LogP contribution is 2.73. The van der Waals surface area contributed by atoms with Gasteiger partial charge in [0.05, 0.1) is 60.6 Å². The molecule has 0 radical (unpaired) electrons. The van der Waals surface area contributed by atoms with Gasteiger partial charge in [0.25, 0.3) is 0 Å². The molecule has 2 aliphatic heterocycles. The largest absolute Gasteiger partial charge is 0.391 e. The van der Waals surface area contributed by atoms with Gasteiger partial charge in [-0.3, -0.25) is 9.79 Å². The zero-order valence-electron chi connectivity index (χ0n) is 34.4. The number of nitrogens with two attached hydrogens (primary N) is 1. The van der Waals surface area contributed by atoms with Crippen molar-refractivity contribution in [2.24, 2.45) is 74.8 Å². The number of hydrogen-bond acceptors (Lipinski definition) is 11. The summed E-state index contributed by atoms with van der Waals surface area (Å²) in [5, 5.41) is 75.2. The molecule has 19 atom stereocenters. The first-order valence-corrected chi connectivity index (χ1v) is 22.4. The van der Waals surface area contributed by atoms with E-state index in [-0.39, 0.29) is 36.2 Å². The SMILES string of the molecule is CCCCCCC1COC(C(O)C(C)(O)C2CCC3(O)C4C(=NCC(C)O)C(=O)C5C6CCC(CC7CCC(N)NC7)C5(CC(O)C6O)C4CCC23C)C1C. The first-order chi connectivity index (χ1) is 26.0. The zero-order valence-corrected chi connectivity index (χ0v) is 34.4. The van der Waals surface area contributed by atoms with E-state index in [0.29, 0.717) is 62.7 Å². The Hall–Kier alpha value is -1.02. The number of aliphatic hydroxyl groups is 6. The minimum atomic E-state index is -1.57. The van der Waals surface area contributed by atoms with Crippen LogP contribution in [0.3, 0.4) is 0 Å². The van der Waals surface area contributed by atoms with E-state index in [1.807, 2.05) is 0 Å². The second kappa shape index (κ2) is 15.9. The molecular weight excluding hydrogens is 698 g/mol. The van der Waals surface area contributed by atoms with Crippen LogP contribution < -0.4 is 11.1 Å². The Morgan fingerprint density at radius 2 is 1.82 bits per heavy atom. The number of carbonyl (C=O) groups excluding carboxylic acids is 1. The molecular formula is C44H75N3O8. The summed E-state index contributed by atoms with van der Waals surface area (Å²) in [7, 11) is 0. The number of nitrogens with zero attached hydrogens (tertiary/aromatic N) is 1. The number of piperidine rings is 1. The van der Waals surface area contributed by atoms with Crippen molar-refractivity contribution in [3.63, 3.8) is 0 Å². The Kier molecular flexibility index (Phi) is 12.2. The van der Waals surface area contributed by atoms with Crippen LogP contribution in [-0.2, 0) is 9.53 Å². The number of ether oxygens (including phenoxy) is 1. The standard InChI is InChI=1S/C44H75N3O8/c1-6-7-8-9-10-27-23-55-39(25(27)3)40(52)42(5,53)32-16-18-44(54)35-30(15-17-41(32,44)4)43-20-31(49)37(50)29(34(43)38(51)36(35)47-21-24(2)48)13-12-28(43)19-26-11-14-33(45)46-22-26/h24-35,37,39-40,46,48-50,52-54H,6-23,45H2,1-5H3. The predicted octanol–water partition coefficient (Wildman–Crippen LogP) is 3.73. The van der Waals surface area contributed by atoms with Crippen LogP contribution in [0.2, 0.25) is 0 Å². The van der Waals surface area contributed by atoms with Crippen molar-refractivity contribution in [2.75, 3.05) is 19.7 Å². The number of rotatable bonds is 12. The van der Waals surface area contributed by atoms with Crippen LogP contribution in [-0.4, -0.2) is 110 Å². The molecule has 19 unspecified atom stereocenters. The molecule has 0 aromatic carbocycles. The number of nitrogens with one attached hydrogen (secondary N) is 1. The number of aliphatic imine (C=N–C) groups is 1. The Morgan fingerprint density at radius 3 is 2.51 bits per heavy atom. The van der Waals surface area contributed by atoms with E-state index in [2.05, 4.69) is 26.1 Å². The van der Waals surface area contributed by atoms with Crippen LogP contribution in [0, 0.1) is 64.1 Å². The van der Waals surface area contributed by atoms with Gasteiger partial charge in [-0.15, -0.1) is 0 Å². The van der Waals surface area contributed by atoms with E-state index in [9.17, 15) is 30.6 Å². The second-order valence-corrected chi connectivity index (χ2v) is 20.4. The number of fused-ring (bicyclic) bond motifs is 3. The van der Waals surface area contributed by atoms with Gasteiger partial charge in [0, 0.05) is 17.3 Å². The molecule has 0 aromatic heterocycles. The summed E-state index contributed by atoms with van der Waals surface area (Å²) in [6, 6.07) is 0. The van der Waals surface area contributed by atoms with Gasteiger partial charge < -0.3 is 46.4 Å². The van der Waals surface area contributed by atoms with E-state index in [4.69, 9.17) is 15.5 Å². The molecule has 0 spiro atoms. The smallest absolute Gasteiger partial charge is 0.181 e. The molecule has 2 heterocycles. The first kappa shape index (κ1) is 42.1.